The number of carbonyl (C=O) groups is 1. The van der Waals surface area contributed by atoms with Crippen LogP contribution in [0.2, 0.25) is 0 Å². The van der Waals surface area contributed by atoms with Gasteiger partial charge in [-0.1, -0.05) is 12.1 Å². The minimum atomic E-state index is -0.0895. The molecule has 0 bridgehead atoms. The summed E-state index contributed by atoms with van der Waals surface area (Å²) in [4.78, 5) is 33.2. The number of nitrogens with one attached hydrogen (secondary N) is 1. The van der Waals surface area contributed by atoms with Crippen molar-refractivity contribution in [3.63, 3.8) is 0 Å². The summed E-state index contributed by atoms with van der Waals surface area (Å²) in [6.45, 7) is 4.25. The highest BCUT2D eigenvalue weighted by atomic mass is 16.2. The molecule has 0 spiro atoms. The average Bonchev–Trinajstić information content (AvgIpc) is 3.20. The molecule has 1 aromatic heterocycles. The van der Waals surface area contributed by atoms with Gasteiger partial charge in [-0.15, -0.1) is 0 Å². The molecule has 138 valence electrons. The zero-order valence-corrected chi connectivity index (χ0v) is 15.2. The van der Waals surface area contributed by atoms with Crippen molar-refractivity contribution in [2.75, 3.05) is 26.2 Å². The molecule has 0 unspecified atom stereocenters. The zero-order valence-electron chi connectivity index (χ0n) is 15.2. The van der Waals surface area contributed by atoms with E-state index in [1.54, 1.807) is 6.07 Å². The maximum Gasteiger partial charge on any atom is 0.270 e. The maximum absolute atomic E-state index is 13.1. The summed E-state index contributed by atoms with van der Waals surface area (Å²) in [6, 6.07) is 9.13. The number of nitrogens with zero attached hydrogens (tertiary/aromatic N) is 2. The number of H-pyrrole nitrogens is 1. The van der Waals surface area contributed by atoms with Gasteiger partial charge in [-0.2, -0.15) is 0 Å². The molecule has 1 aromatic carbocycles. The summed E-state index contributed by atoms with van der Waals surface area (Å²) in [5.74, 6) is -0.0287. The lowest BCUT2D eigenvalue weighted by molar-refractivity contribution is 0.0582. The Balaban J connectivity index is 1.53. The standard InChI is InChI=1S/C21H27N3O2/c25-20-15-19(22-18-9-2-1-8-17(18)20)21(26)24-13-4-3-7-16(24)10-14-23-11-5-6-12-23/h1-2,8-9,15-16H,3-7,10-14H2,(H,22,25)/t16-/m1/s1. The lowest BCUT2D eigenvalue weighted by atomic mass is 9.98. The Kier molecular flexibility index (Phi) is 5.07. The van der Waals surface area contributed by atoms with Gasteiger partial charge in [0.1, 0.15) is 5.69 Å². The van der Waals surface area contributed by atoms with Crippen molar-refractivity contribution in [3.05, 3.63) is 46.2 Å². The van der Waals surface area contributed by atoms with Crippen molar-refractivity contribution >= 4 is 16.8 Å². The second-order valence-corrected chi connectivity index (χ2v) is 7.58. The van der Waals surface area contributed by atoms with Crippen LogP contribution in [0.1, 0.15) is 49.0 Å². The summed E-state index contributed by atoms with van der Waals surface area (Å²) in [6.07, 6.45) is 6.92. The van der Waals surface area contributed by atoms with Gasteiger partial charge in [0.05, 0.1) is 0 Å². The van der Waals surface area contributed by atoms with Crippen LogP contribution in [0.25, 0.3) is 10.9 Å². The summed E-state index contributed by atoms with van der Waals surface area (Å²) in [5, 5.41) is 0.633. The molecule has 5 nitrogen and oxygen atoms in total. The first-order valence-electron chi connectivity index (χ1n) is 9.88. The van der Waals surface area contributed by atoms with Crippen LogP contribution < -0.4 is 5.43 Å². The van der Waals surface area contributed by atoms with Gasteiger partial charge in [0.15, 0.2) is 5.43 Å². The fourth-order valence-corrected chi connectivity index (χ4v) is 4.37. The highest BCUT2D eigenvalue weighted by molar-refractivity contribution is 5.95. The molecule has 26 heavy (non-hydrogen) atoms. The predicted molar refractivity (Wildman–Crippen MR) is 104 cm³/mol. The number of piperidine rings is 1. The van der Waals surface area contributed by atoms with E-state index in [0.29, 0.717) is 11.1 Å². The molecule has 0 saturated carbocycles. The number of aromatic amines is 1. The van der Waals surface area contributed by atoms with Gasteiger partial charge >= 0.3 is 0 Å². The third-order valence-corrected chi connectivity index (χ3v) is 5.83. The molecule has 1 amide bonds. The van der Waals surface area contributed by atoms with Crippen LogP contribution in [0.4, 0.5) is 0 Å². The predicted octanol–water partition coefficient (Wildman–Crippen LogP) is 3.01. The molecule has 2 aliphatic rings. The molecular formula is C21H27N3O2. The van der Waals surface area contributed by atoms with E-state index in [2.05, 4.69) is 9.88 Å². The first-order chi connectivity index (χ1) is 12.7. The smallest absolute Gasteiger partial charge is 0.270 e. The summed E-state index contributed by atoms with van der Waals surface area (Å²) in [5.41, 5.74) is 1.06. The van der Waals surface area contributed by atoms with Crippen LogP contribution in [0, 0.1) is 0 Å². The maximum atomic E-state index is 13.1. The van der Waals surface area contributed by atoms with Crippen LogP contribution in [-0.2, 0) is 0 Å². The molecule has 0 radical (unpaired) electrons. The number of benzene rings is 1. The highest BCUT2D eigenvalue weighted by Crippen LogP contribution is 2.23. The number of hydrogen-bond acceptors (Lipinski definition) is 3. The number of para-hydroxylation sites is 1. The Morgan fingerprint density at radius 2 is 1.85 bits per heavy atom. The second kappa shape index (κ2) is 7.62. The number of hydrogen-bond donors (Lipinski definition) is 1. The normalized spacial score (nSPS) is 21.4. The third kappa shape index (κ3) is 3.54. The fraction of sp³-hybridized carbons (Fsp3) is 0.524. The summed E-state index contributed by atoms with van der Waals surface area (Å²) in [7, 11) is 0. The van der Waals surface area contributed by atoms with Crippen molar-refractivity contribution in [2.24, 2.45) is 0 Å². The van der Waals surface area contributed by atoms with Gasteiger partial charge in [-0.25, -0.2) is 0 Å². The fourth-order valence-electron chi connectivity index (χ4n) is 4.37. The number of rotatable bonds is 4. The lowest BCUT2D eigenvalue weighted by Gasteiger charge is -2.36. The van der Waals surface area contributed by atoms with E-state index in [4.69, 9.17) is 0 Å². The molecule has 2 fully saturated rings. The number of fused-ring (bicyclic) bond motifs is 1. The van der Waals surface area contributed by atoms with Crippen LogP contribution >= 0.6 is 0 Å². The van der Waals surface area contributed by atoms with E-state index in [1.807, 2.05) is 23.1 Å². The highest BCUT2D eigenvalue weighted by Gasteiger charge is 2.28. The minimum absolute atomic E-state index is 0.0287. The van der Waals surface area contributed by atoms with Crippen molar-refractivity contribution in [3.8, 4) is 0 Å². The quantitative estimate of drug-likeness (QED) is 0.919. The lowest BCUT2D eigenvalue weighted by Crippen LogP contribution is -2.45. The van der Waals surface area contributed by atoms with E-state index in [-0.39, 0.29) is 17.4 Å². The minimum Gasteiger partial charge on any atom is -0.350 e. The number of aromatic nitrogens is 1. The van der Waals surface area contributed by atoms with Gasteiger partial charge in [0, 0.05) is 36.1 Å². The van der Waals surface area contributed by atoms with E-state index in [1.165, 1.54) is 38.4 Å². The van der Waals surface area contributed by atoms with Crippen LogP contribution in [0.3, 0.4) is 0 Å². The monoisotopic (exact) mass is 353 g/mol. The van der Waals surface area contributed by atoms with Crippen molar-refractivity contribution in [2.45, 2.75) is 44.6 Å². The van der Waals surface area contributed by atoms with Gasteiger partial charge in [0.25, 0.3) is 5.91 Å². The van der Waals surface area contributed by atoms with Crippen LogP contribution in [0.5, 0.6) is 0 Å². The van der Waals surface area contributed by atoms with Gasteiger partial charge in [-0.3, -0.25) is 9.59 Å². The number of likely N-dealkylation sites (tertiary alicyclic amines) is 2. The van der Waals surface area contributed by atoms with E-state index in [0.717, 1.165) is 37.9 Å². The Morgan fingerprint density at radius 3 is 2.69 bits per heavy atom. The van der Waals surface area contributed by atoms with E-state index in [9.17, 15) is 9.59 Å². The molecule has 5 heteroatoms. The topological polar surface area (TPSA) is 56.4 Å². The number of amides is 1. The molecule has 2 aliphatic heterocycles. The van der Waals surface area contributed by atoms with Gasteiger partial charge in [-0.05, 0) is 63.7 Å². The van der Waals surface area contributed by atoms with Gasteiger partial charge in [0.2, 0.25) is 0 Å². The van der Waals surface area contributed by atoms with Crippen LogP contribution in [-0.4, -0.2) is 52.9 Å². The van der Waals surface area contributed by atoms with E-state index < -0.39 is 0 Å². The molecule has 4 rings (SSSR count). The second-order valence-electron chi connectivity index (χ2n) is 7.58. The molecule has 1 atom stereocenters. The van der Waals surface area contributed by atoms with E-state index >= 15 is 0 Å². The molecule has 3 heterocycles. The summed E-state index contributed by atoms with van der Waals surface area (Å²) >= 11 is 0. The summed E-state index contributed by atoms with van der Waals surface area (Å²) < 4.78 is 0. The first-order valence-corrected chi connectivity index (χ1v) is 9.88. The number of carbonyl (C=O) groups excluding carboxylic acids is 1. The molecular weight excluding hydrogens is 326 g/mol. The average molecular weight is 353 g/mol. The van der Waals surface area contributed by atoms with Crippen molar-refractivity contribution in [1.82, 2.24) is 14.8 Å². The molecule has 1 N–H and O–H groups in total. The van der Waals surface area contributed by atoms with Crippen molar-refractivity contribution < 1.29 is 4.79 Å². The zero-order chi connectivity index (χ0) is 17.9. The molecule has 2 aromatic rings. The molecule has 0 aliphatic carbocycles. The first kappa shape index (κ1) is 17.3. The Hall–Kier alpha value is -2.14. The largest absolute Gasteiger partial charge is 0.350 e. The molecule has 2 saturated heterocycles. The SMILES string of the molecule is O=C(c1cc(=O)c2ccccc2[nH]1)N1CCCC[C@@H]1CCN1CCCC1. The Morgan fingerprint density at radius 1 is 1.08 bits per heavy atom. The Bertz CT molecular complexity index is 839. The van der Waals surface area contributed by atoms with Crippen molar-refractivity contribution in [1.29, 1.82) is 0 Å². The van der Waals surface area contributed by atoms with Crippen LogP contribution in [0.15, 0.2) is 35.1 Å². The third-order valence-electron chi connectivity index (χ3n) is 5.83. The Labute approximate surface area is 154 Å². The van der Waals surface area contributed by atoms with Gasteiger partial charge < -0.3 is 14.8 Å². The number of pyridine rings is 1.